The lowest BCUT2D eigenvalue weighted by atomic mass is 9.85. The molecule has 8 nitrogen and oxygen atoms in total. The summed E-state index contributed by atoms with van der Waals surface area (Å²) in [4.78, 5) is 36.6. The van der Waals surface area contributed by atoms with Gasteiger partial charge in [-0.05, 0) is 58.8 Å². The van der Waals surface area contributed by atoms with Crippen LogP contribution in [0.4, 0.5) is 0 Å². The number of hydrogen-bond donors (Lipinski definition) is 2. The van der Waals surface area contributed by atoms with Crippen LogP contribution in [0.25, 0.3) is 0 Å². The maximum atomic E-state index is 12.6. The molecule has 0 spiro atoms. The molecule has 1 aliphatic rings. The number of unbranched alkanes of at least 4 members (excludes halogenated alkanes) is 8. The fourth-order valence-corrected chi connectivity index (χ4v) is 4.45. The first-order chi connectivity index (χ1) is 19.6. The highest BCUT2D eigenvalue weighted by Crippen LogP contribution is 2.34. The first kappa shape index (κ1) is 36.8. The predicted molar refractivity (Wildman–Crippen MR) is 164 cm³/mol. The number of ether oxygens (including phenoxy) is 3. The average molecular weight is 579 g/mol. The number of esters is 1. The van der Waals surface area contributed by atoms with E-state index in [9.17, 15) is 14.4 Å². The quantitative estimate of drug-likeness (QED) is 0.0860. The van der Waals surface area contributed by atoms with Crippen molar-refractivity contribution in [1.29, 1.82) is 0 Å². The molecule has 1 fully saturated rings. The zero-order chi connectivity index (χ0) is 30.4. The number of hydrogen-bond acceptors (Lipinski definition) is 6. The van der Waals surface area contributed by atoms with Gasteiger partial charge in [-0.25, -0.2) is 0 Å². The van der Waals surface area contributed by atoms with Gasteiger partial charge in [0.15, 0.2) is 5.79 Å². The van der Waals surface area contributed by atoms with Gasteiger partial charge < -0.3 is 24.8 Å². The van der Waals surface area contributed by atoms with Gasteiger partial charge in [-0.15, -0.1) is 0 Å². The van der Waals surface area contributed by atoms with E-state index in [1.54, 1.807) is 13.8 Å². The number of nitrogens with one attached hydrogen (secondary N) is 2. The molecule has 2 amide bonds. The highest BCUT2D eigenvalue weighted by molar-refractivity contribution is 5.82. The van der Waals surface area contributed by atoms with Gasteiger partial charge in [0.25, 0.3) is 0 Å². The normalized spacial score (nSPS) is 18.0. The summed E-state index contributed by atoms with van der Waals surface area (Å²) in [6.07, 6.45) is 22.4. The summed E-state index contributed by atoms with van der Waals surface area (Å²) < 4.78 is 16.7. The zero-order valence-corrected chi connectivity index (χ0v) is 26.6. The zero-order valence-electron chi connectivity index (χ0n) is 26.6. The van der Waals surface area contributed by atoms with E-state index in [2.05, 4.69) is 41.9 Å². The van der Waals surface area contributed by atoms with E-state index < -0.39 is 17.3 Å². The lowest BCUT2D eigenvalue weighted by molar-refractivity contribution is -0.304. The Morgan fingerprint density at radius 1 is 0.805 bits per heavy atom. The lowest BCUT2D eigenvalue weighted by Crippen LogP contribution is -2.56. The van der Waals surface area contributed by atoms with Crippen LogP contribution in [0.2, 0.25) is 0 Å². The third kappa shape index (κ3) is 18.8. The summed E-state index contributed by atoms with van der Waals surface area (Å²) in [7, 11) is 0. The molecule has 1 aliphatic heterocycles. The maximum Gasteiger partial charge on any atom is 0.307 e. The van der Waals surface area contributed by atoms with Gasteiger partial charge in [0.05, 0.1) is 19.6 Å². The average Bonchev–Trinajstić information content (AvgIpc) is 2.92. The second-order valence-corrected chi connectivity index (χ2v) is 12.1. The van der Waals surface area contributed by atoms with Gasteiger partial charge in [-0.1, -0.05) is 77.2 Å². The Morgan fingerprint density at radius 3 is 2.17 bits per heavy atom. The second-order valence-electron chi connectivity index (χ2n) is 12.1. The molecule has 0 aromatic carbocycles. The van der Waals surface area contributed by atoms with E-state index in [-0.39, 0.29) is 37.4 Å². The van der Waals surface area contributed by atoms with Crippen molar-refractivity contribution in [2.75, 3.05) is 26.3 Å². The molecule has 236 valence electrons. The molecule has 0 saturated carbocycles. The molecular weight excluding hydrogens is 520 g/mol. The first-order valence-corrected chi connectivity index (χ1v) is 15.9. The van der Waals surface area contributed by atoms with Crippen LogP contribution in [-0.4, -0.2) is 56.0 Å². The molecule has 0 aromatic heterocycles. The van der Waals surface area contributed by atoms with Crippen molar-refractivity contribution in [3.8, 4) is 0 Å². The molecule has 1 atom stereocenters. The molecule has 0 aliphatic carbocycles. The van der Waals surface area contributed by atoms with Gasteiger partial charge in [0.1, 0.15) is 6.10 Å². The Labute approximate surface area is 249 Å². The highest BCUT2D eigenvalue weighted by atomic mass is 16.7. The predicted octanol–water partition coefficient (Wildman–Crippen LogP) is 6.53. The molecule has 0 aromatic rings. The number of amides is 2. The number of allylic oxidation sites excluding steroid dienone is 4. The van der Waals surface area contributed by atoms with E-state index >= 15 is 0 Å². The van der Waals surface area contributed by atoms with E-state index in [0.717, 1.165) is 32.1 Å². The molecule has 8 heteroatoms. The van der Waals surface area contributed by atoms with Gasteiger partial charge >= 0.3 is 5.97 Å². The van der Waals surface area contributed by atoms with Crippen LogP contribution in [-0.2, 0) is 28.6 Å². The van der Waals surface area contributed by atoms with Crippen molar-refractivity contribution in [1.82, 2.24) is 10.6 Å². The number of rotatable bonds is 22. The van der Waals surface area contributed by atoms with Crippen molar-refractivity contribution in [3.05, 3.63) is 24.3 Å². The molecule has 2 N–H and O–H groups in total. The summed E-state index contributed by atoms with van der Waals surface area (Å²) >= 11 is 0. The van der Waals surface area contributed by atoms with Crippen molar-refractivity contribution in [2.45, 2.75) is 136 Å². The molecule has 1 heterocycles. The molecule has 1 unspecified atom stereocenters. The Bertz CT molecular complexity index is 806. The van der Waals surface area contributed by atoms with Crippen LogP contribution in [0.3, 0.4) is 0 Å². The van der Waals surface area contributed by atoms with Crippen molar-refractivity contribution >= 4 is 17.8 Å². The molecule has 0 bridgehead atoms. The summed E-state index contributed by atoms with van der Waals surface area (Å²) in [6.45, 7) is 10.9. The molecule has 0 radical (unpaired) electrons. The Kier molecular flexibility index (Phi) is 19.3. The monoisotopic (exact) mass is 578 g/mol. The molecule has 41 heavy (non-hydrogen) atoms. The summed E-state index contributed by atoms with van der Waals surface area (Å²) in [5.74, 6) is -1.42. The van der Waals surface area contributed by atoms with Crippen LogP contribution in [0.5, 0.6) is 0 Å². The highest BCUT2D eigenvalue weighted by Gasteiger charge is 2.45. The standard InChI is InChI=1S/C33H58N2O6/c1-6-7-8-9-10-11-12-13-14-15-16-17-18-19-20-22-28(36)34-24-21-26-39-29(37)23-25-35-31(38)30-32(2,3)27-40-33(4,5)41-30/h10-11,13-14,30H,6-9,12,15-27H2,1-5H3,(H,34,36)(H,35,38)/b11-10-,14-13-. The maximum absolute atomic E-state index is 12.6. The SMILES string of the molecule is CCCCC/C=C\C/C=C\CCCCCCCC(=O)NCCCOC(=O)CCNC(=O)C1OC(C)(C)OCC1(C)C. The third-order valence-electron chi connectivity index (χ3n) is 7.03. The van der Waals surface area contributed by atoms with Crippen LogP contribution < -0.4 is 10.6 Å². The number of carbonyl (C=O) groups excluding carboxylic acids is 3. The van der Waals surface area contributed by atoms with Gasteiger partial charge in [-0.3, -0.25) is 14.4 Å². The van der Waals surface area contributed by atoms with E-state index in [1.165, 1.54) is 38.5 Å². The van der Waals surface area contributed by atoms with Crippen molar-refractivity contribution < 1.29 is 28.6 Å². The van der Waals surface area contributed by atoms with Crippen LogP contribution in [0.15, 0.2) is 24.3 Å². The van der Waals surface area contributed by atoms with E-state index in [4.69, 9.17) is 14.2 Å². The van der Waals surface area contributed by atoms with Crippen LogP contribution in [0.1, 0.15) is 125 Å². The summed E-state index contributed by atoms with van der Waals surface area (Å²) in [6, 6.07) is 0. The minimum atomic E-state index is -0.825. The van der Waals surface area contributed by atoms with Gasteiger partial charge in [0, 0.05) is 24.9 Å². The van der Waals surface area contributed by atoms with Gasteiger partial charge in [-0.2, -0.15) is 0 Å². The third-order valence-corrected chi connectivity index (χ3v) is 7.03. The lowest BCUT2D eigenvalue weighted by Gasteiger charge is -2.44. The fourth-order valence-electron chi connectivity index (χ4n) is 4.45. The molecule has 1 saturated heterocycles. The number of carbonyl (C=O) groups is 3. The van der Waals surface area contributed by atoms with Gasteiger partial charge in [0.2, 0.25) is 11.8 Å². The Balaban J connectivity index is 1.95. The molecular formula is C33H58N2O6. The smallest absolute Gasteiger partial charge is 0.307 e. The fraction of sp³-hybridized carbons (Fsp3) is 0.788. The summed E-state index contributed by atoms with van der Waals surface area (Å²) in [5, 5.41) is 5.65. The first-order valence-electron chi connectivity index (χ1n) is 15.9. The topological polar surface area (TPSA) is 103 Å². The minimum Gasteiger partial charge on any atom is -0.466 e. The van der Waals surface area contributed by atoms with Crippen molar-refractivity contribution in [3.63, 3.8) is 0 Å². The Morgan fingerprint density at radius 2 is 1.46 bits per heavy atom. The van der Waals surface area contributed by atoms with E-state index in [0.29, 0.717) is 26.0 Å². The summed E-state index contributed by atoms with van der Waals surface area (Å²) in [5.41, 5.74) is -0.465. The van der Waals surface area contributed by atoms with E-state index in [1.807, 2.05) is 13.8 Å². The second kappa shape index (κ2) is 21.5. The van der Waals surface area contributed by atoms with Crippen LogP contribution >= 0.6 is 0 Å². The van der Waals surface area contributed by atoms with Crippen LogP contribution in [0, 0.1) is 5.41 Å². The van der Waals surface area contributed by atoms with Crippen molar-refractivity contribution in [2.24, 2.45) is 5.41 Å². The Hall–Kier alpha value is -2.19. The molecule has 1 rings (SSSR count). The minimum absolute atomic E-state index is 0.0474. The largest absolute Gasteiger partial charge is 0.466 e.